The smallest absolute Gasteiger partial charge is 0.422 e. The summed E-state index contributed by atoms with van der Waals surface area (Å²) in [6.45, 7) is 0.747. The highest BCUT2D eigenvalue weighted by Gasteiger charge is 2.59. The number of aliphatic carboxylic acids is 1. The lowest BCUT2D eigenvalue weighted by atomic mass is 9.78. The van der Waals surface area contributed by atoms with Gasteiger partial charge in [0.15, 0.2) is 11.4 Å². The van der Waals surface area contributed by atoms with Crippen LogP contribution in [0.15, 0.2) is 48.8 Å². The van der Waals surface area contributed by atoms with Crippen molar-refractivity contribution in [3.8, 4) is 0 Å². The summed E-state index contributed by atoms with van der Waals surface area (Å²) < 4.78 is 43.3. The molecule has 34 heavy (non-hydrogen) atoms. The lowest BCUT2D eigenvalue weighted by Gasteiger charge is -2.37. The van der Waals surface area contributed by atoms with Crippen LogP contribution in [0.2, 0.25) is 10.2 Å². The van der Waals surface area contributed by atoms with Gasteiger partial charge in [-0.2, -0.15) is 18.3 Å². The van der Waals surface area contributed by atoms with Crippen molar-refractivity contribution in [1.82, 2.24) is 14.8 Å². The maximum atomic E-state index is 14.1. The number of halogens is 5. The zero-order chi connectivity index (χ0) is 25.3. The Kier molecular flexibility index (Phi) is 7.20. The number of rotatable bonds is 7. The number of carboxylic acids is 1. The lowest BCUT2D eigenvalue weighted by Crippen LogP contribution is -2.46. The van der Waals surface area contributed by atoms with Gasteiger partial charge in [0.25, 0.3) is 5.91 Å². The molecule has 0 radical (unpaired) electrons. The van der Waals surface area contributed by atoms with E-state index < -0.39 is 41.7 Å². The number of hydrogen-bond donors (Lipinski definition) is 3. The molecule has 13 heteroatoms. The largest absolute Gasteiger partial charge is 0.480 e. The summed E-state index contributed by atoms with van der Waals surface area (Å²) in [5.41, 5.74) is -3.90. The molecule has 3 aromatic rings. The number of nitrogens with zero attached hydrogens (tertiary/aromatic N) is 3. The van der Waals surface area contributed by atoms with Crippen LogP contribution in [0.1, 0.15) is 34.3 Å². The van der Waals surface area contributed by atoms with Gasteiger partial charge in [0.05, 0.1) is 0 Å². The second kappa shape index (κ2) is 9.61. The average Bonchev–Trinajstić information content (AvgIpc) is 3.17. The SMILES string of the molecule is C[C@H](c1ccc(C(=O)Nc2ccn(CC(=O)O)n2)cc1Cl)[C@@](O)(c1ccnc(Cl)c1)C(F)(F)F. The summed E-state index contributed by atoms with van der Waals surface area (Å²) in [6, 6.07) is 6.93. The van der Waals surface area contributed by atoms with Crippen molar-refractivity contribution >= 4 is 40.9 Å². The first-order chi connectivity index (χ1) is 15.8. The van der Waals surface area contributed by atoms with Gasteiger partial charge in [-0.15, -0.1) is 0 Å². The molecule has 3 N–H and O–H groups in total. The van der Waals surface area contributed by atoms with Crippen LogP contribution in [0.5, 0.6) is 0 Å². The number of alkyl halides is 3. The fourth-order valence-electron chi connectivity index (χ4n) is 3.39. The standard InChI is InChI=1S/C21H17Cl2F3N4O4/c1-11(20(34,21(24,25)26)13-4-6-27-16(23)9-13)14-3-2-12(8-15(14)22)19(33)28-17-5-7-30(29-17)10-18(31)32/h2-9,11,34H,10H2,1H3,(H,31,32)(H,28,29,33)/t11-,20-/m1/s1. The molecule has 1 amide bonds. The van der Waals surface area contributed by atoms with Gasteiger partial charge in [0.2, 0.25) is 0 Å². The quantitative estimate of drug-likeness (QED) is 0.398. The number of anilines is 1. The number of carbonyl (C=O) groups is 2. The number of benzene rings is 1. The van der Waals surface area contributed by atoms with E-state index in [0.29, 0.717) is 0 Å². The fourth-order valence-corrected chi connectivity index (χ4v) is 3.90. The zero-order valence-electron chi connectivity index (χ0n) is 17.3. The van der Waals surface area contributed by atoms with Gasteiger partial charge in [0, 0.05) is 35.0 Å². The number of carboxylic acid groups (broad SMARTS) is 1. The Morgan fingerprint density at radius 1 is 1.18 bits per heavy atom. The van der Waals surface area contributed by atoms with Gasteiger partial charge in [0.1, 0.15) is 11.7 Å². The van der Waals surface area contributed by atoms with Crippen LogP contribution < -0.4 is 5.32 Å². The third-order valence-electron chi connectivity index (χ3n) is 5.13. The zero-order valence-corrected chi connectivity index (χ0v) is 18.9. The Labute approximate surface area is 200 Å². The molecular formula is C21H17Cl2F3N4O4. The molecule has 180 valence electrons. The number of amides is 1. The van der Waals surface area contributed by atoms with Crippen LogP contribution in [0.3, 0.4) is 0 Å². The normalized spacial score (nSPS) is 14.3. The van der Waals surface area contributed by atoms with Gasteiger partial charge in [-0.25, -0.2) is 4.98 Å². The molecule has 8 nitrogen and oxygen atoms in total. The summed E-state index contributed by atoms with van der Waals surface area (Å²) in [4.78, 5) is 26.9. The van der Waals surface area contributed by atoms with E-state index in [2.05, 4.69) is 15.4 Å². The number of pyridine rings is 1. The third kappa shape index (κ3) is 5.16. The van der Waals surface area contributed by atoms with Crippen molar-refractivity contribution in [1.29, 1.82) is 0 Å². The molecule has 0 aliphatic heterocycles. The summed E-state index contributed by atoms with van der Waals surface area (Å²) >= 11 is 12.0. The van der Waals surface area contributed by atoms with Gasteiger partial charge in [-0.3, -0.25) is 14.3 Å². The predicted octanol–water partition coefficient (Wildman–Crippen LogP) is 4.48. The van der Waals surface area contributed by atoms with Gasteiger partial charge in [-0.1, -0.05) is 36.2 Å². The first kappa shape index (κ1) is 25.5. The van der Waals surface area contributed by atoms with Crippen LogP contribution in [0.4, 0.5) is 19.0 Å². The fraction of sp³-hybridized carbons (Fsp3) is 0.238. The summed E-state index contributed by atoms with van der Waals surface area (Å²) in [7, 11) is 0. The summed E-state index contributed by atoms with van der Waals surface area (Å²) in [5, 5.41) is 25.5. The van der Waals surface area contributed by atoms with Gasteiger partial charge >= 0.3 is 12.1 Å². The van der Waals surface area contributed by atoms with Gasteiger partial charge < -0.3 is 15.5 Å². The number of carbonyl (C=O) groups excluding carboxylic acids is 1. The molecule has 0 saturated carbocycles. The van der Waals surface area contributed by atoms with Crippen molar-refractivity contribution in [2.75, 3.05) is 5.32 Å². The second-order valence-electron chi connectivity index (χ2n) is 7.34. The van der Waals surface area contributed by atoms with E-state index in [1.807, 2.05) is 0 Å². The highest BCUT2D eigenvalue weighted by molar-refractivity contribution is 6.32. The summed E-state index contributed by atoms with van der Waals surface area (Å²) in [6.07, 6.45) is -2.69. The Balaban J connectivity index is 1.89. The van der Waals surface area contributed by atoms with E-state index >= 15 is 0 Å². The molecule has 0 fully saturated rings. The van der Waals surface area contributed by atoms with E-state index in [-0.39, 0.29) is 27.1 Å². The topological polar surface area (TPSA) is 117 Å². The first-order valence-corrected chi connectivity index (χ1v) is 10.4. The minimum absolute atomic E-state index is 0.0104. The molecule has 0 unspecified atom stereocenters. The maximum Gasteiger partial charge on any atom is 0.422 e. The van der Waals surface area contributed by atoms with Gasteiger partial charge in [-0.05, 0) is 35.4 Å². The van der Waals surface area contributed by atoms with E-state index in [1.165, 1.54) is 24.4 Å². The van der Waals surface area contributed by atoms with Crippen molar-refractivity contribution in [3.05, 3.63) is 75.7 Å². The molecule has 0 aliphatic rings. The monoisotopic (exact) mass is 516 g/mol. The molecular weight excluding hydrogens is 500 g/mol. The maximum absolute atomic E-state index is 14.1. The molecule has 0 aliphatic carbocycles. The molecule has 1 aromatic carbocycles. The Bertz CT molecular complexity index is 1230. The highest BCUT2D eigenvalue weighted by Crippen LogP contribution is 2.49. The van der Waals surface area contributed by atoms with Crippen molar-refractivity contribution < 1.29 is 33.0 Å². The summed E-state index contributed by atoms with van der Waals surface area (Å²) in [5.74, 6) is -3.30. The molecule has 0 bridgehead atoms. The lowest BCUT2D eigenvalue weighted by molar-refractivity contribution is -0.274. The Morgan fingerprint density at radius 3 is 2.47 bits per heavy atom. The first-order valence-electron chi connectivity index (χ1n) is 9.60. The Morgan fingerprint density at radius 2 is 1.88 bits per heavy atom. The molecule has 2 atom stereocenters. The highest BCUT2D eigenvalue weighted by atomic mass is 35.5. The van der Waals surface area contributed by atoms with Crippen molar-refractivity contribution in [2.45, 2.75) is 31.2 Å². The van der Waals surface area contributed by atoms with E-state index in [9.17, 15) is 27.9 Å². The van der Waals surface area contributed by atoms with Crippen LogP contribution in [-0.4, -0.2) is 43.0 Å². The van der Waals surface area contributed by atoms with E-state index in [4.69, 9.17) is 28.3 Å². The van der Waals surface area contributed by atoms with Crippen LogP contribution in [0.25, 0.3) is 0 Å². The second-order valence-corrected chi connectivity index (χ2v) is 8.13. The molecule has 0 saturated heterocycles. The van der Waals surface area contributed by atoms with Crippen LogP contribution in [0, 0.1) is 0 Å². The van der Waals surface area contributed by atoms with E-state index in [1.54, 1.807) is 0 Å². The predicted molar refractivity (Wildman–Crippen MR) is 117 cm³/mol. The minimum Gasteiger partial charge on any atom is -0.480 e. The average molecular weight is 517 g/mol. The number of nitrogens with one attached hydrogen (secondary N) is 1. The van der Waals surface area contributed by atoms with E-state index in [0.717, 1.165) is 36.0 Å². The van der Waals surface area contributed by atoms with Crippen LogP contribution >= 0.6 is 23.2 Å². The molecule has 3 rings (SSSR count). The van der Waals surface area contributed by atoms with Crippen molar-refractivity contribution in [3.63, 3.8) is 0 Å². The third-order valence-corrected chi connectivity index (χ3v) is 5.67. The Hall–Kier alpha value is -3.15. The van der Waals surface area contributed by atoms with Crippen molar-refractivity contribution in [2.24, 2.45) is 0 Å². The number of hydrogen-bond acceptors (Lipinski definition) is 5. The molecule has 0 spiro atoms. The molecule has 2 aromatic heterocycles. The van der Waals surface area contributed by atoms with Crippen LogP contribution in [-0.2, 0) is 16.9 Å². The number of aliphatic hydroxyl groups is 1. The minimum atomic E-state index is -5.09. The molecule has 2 heterocycles. The number of aromatic nitrogens is 3.